The Bertz CT molecular complexity index is 394. The maximum Gasteiger partial charge on any atom is 0.334 e. The molecule has 0 bridgehead atoms. The molecule has 0 aliphatic rings. The number of carbonyl (C=O) groups is 2. The first-order chi connectivity index (χ1) is 12.5. The molecule has 0 unspecified atom stereocenters. The van der Waals surface area contributed by atoms with Crippen molar-refractivity contribution in [1.29, 1.82) is 0 Å². The van der Waals surface area contributed by atoms with Crippen LogP contribution in [0.5, 0.6) is 0 Å². The molecular weight excluding hydrogens is 336 g/mol. The Morgan fingerprint density at radius 1 is 0.923 bits per heavy atom. The van der Waals surface area contributed by atoms with Gasteiger partial charge in [-0.2, -0.15) is 0 Å². The van der Waals surface area contributed by atoms with E-state index < -0.39 is 24.6 Å². The zero-order valence-corrected chi connectivity index (χ0v) is 16.2. The third kappa shape index (κ3) is 14.9. The quantitative estimate of drug-likeness (QED) is 0.231. The van der Waals surface area contributed by atoms with Gasteiger partial charge in [-0.15, -0.1) is 0 Å². The monoisotopic (exact) mass is 372 g/mol. The van der Waals surface area contributed by atoms with Crippen molar-refractivity contribution in [2.24, 2.45) is 0 Å². The molecular formula is C20H36O6. The van der Waals surface area contributed by atoms with E-state index >= 15 is 0 Å². The van der Waals surface area contributed by atoms with Crippen LogP contribution in [0, 0.1) is 0 Å². The minimum atomic E-state index is -1.13. The summed E-state index contributed by atoms with van der Waals surface area (Å²) in [6, 6.07) is 0. The Kier molecular flexibility index (Phi) is 16.1. The fourth-order valence-electron chi connectivity index (χ4n) is 2.40. The van der Waals surface area contributed by atoms with Gasteiger partial charge in [0.15, 0.2) is 0 Å². The van der Waals surface area contributed by atoms with E-state index in [1.54, 1.807) is 0 Å². The smallest absolute Gasteiger partial charge is 0.334 e. The van der Waals surface area contributed by atoms with Gasteiger partial charge in [-0.05, 0) is 6.42 Å². The molecule has 6 heteroatoms. The summed E-state index contributed by atoms with van der Waals surface area (Å²) < 4.78 is 9.80. The van der Waals surface area contributed by atoms with Crippen molar-refractivity contribution in [3.8, 4) is 0 Å². The summed E-state index contributed by atoms with van der Waals surface area (Å²) in [4.78, 5) is 23.2. The Morgan fingerprint density at radius 3 is 2.00 bits per heavy atom. The van der Waals surface area contributed by atoms with Crippen LogP contribution in [-0.4, -0.2) is 48.1 Å². The van der Waals surface area contributed by atoms with Gasteiger partial charge in [0, 0.05) is 5.57 Å². The van der Waals surface area contributed by atoms with E-state index in [0.29, 0.717) is 6.61 Å². The molecule has 6 nitrogen and oxygen atoms in total. The van der Waals surface area contributed by atoms with Crippen molar-refractivity contribution in [3.05, 3.63) is 12.2 Å². The first-order valence-corrected chi connectivity index (χ1v) is 9.80. The van der Waals surface area contributed by atoms with Gasteiger partial charge in [0.1, 0.15) is 12.7 Å². The molecule has 0 saturated carbocycles. The number of aliphatic hydroxyl groups excluding tert-OH is 2. The van der Waals surface area contributed by atoms with Crippen molar-refractivity contribution in [2.75, 3.05) is 19.8 Å². The fraction of sp³-hybridized carbons (Fsp3) is 0.800. The second-order valence-electron chi connectivity index (χ2n) is 6.62. The average molecular weight is 373 g/mol. The lowest BCUT2D eigenvalue weighted by Gasteiger charge is -2.10. The number of esters is 2. The maximum absolute atomic E-state index is 11.6. The van der Waals surface area contributed by atoms with Crippen LogP contribution in [0.15, 0.2) is 12.2 Å². The number of carbonyl (C=O) groups excluding carboxylic acids is 2. The molecule has 26 heavy (non-hydrogen) atoms. The van der Waals surface area contributed by atoms with E-state index in [0.717, 1.165) is 19.3 Å². The second kappa shape index (κ2) is 17.0. The van der Waals surface area contributed by atoms with Gasteiger partial charge in [0.05, 0.1) is 19.6 Å². The topological polar surface area (TPSA) is 93.1 Å². The largest absolute Gasteiger partial charge is 0.465 e. The minimum absolute atomic E-state index is 0.0248. The maximum atomic E-state index is 11.6. The van der Waals surface area contributed by atoms with Gasteiger partial charge < -0.3 is 19.7 Å². The number of aliphatic hydroxyl groups is 2. The highest BCUT2D eigenvalue weighted by molar-refractivity contribution is 5.93. The average Bonchev–Trinajstić information content (AvgIpc) is 2.63. The van der Waals surface area contributed by atoms with Crippen molar-refractivity contribution in [3.63, 3.8) is 0 Å². The SMILES string of the molecule is C=C(CC(=O)OCCCCCCCCCCCC)C(=O)OC[C@@H](O)CO. The summed E-state index contributed by atoms with van der Waals surface area (Å²) in [6.45, 7) is 5.22. The lowest BCUT2D eigenvalue weighted by atomic mass is 10.1. The predicted molar refractivity (Wildman–Crippen MR) is 101 cm³/mol. The van der Waals surface area contributed by atoms with Gasteiger partial charge in [-0.1, -0.05) is 71.3 Å². The van der Waals surface area contributed by atoms with E-state index in [1.807, 2.05) is 0 Å². The molecule has 0 saturated heterocycles. The Morgan fingerprint density at radius 2 is 1.46 bits per heavy atom. The van der Waals surface area contributed by atoms with Gasteiger partial charge in [0.25, 0.3) is 0 Å². The molecule has 0 aliphatic heterocycles. The molecule has 0 aliphatic carbocycles. The molecule has 0 radical (unpaired) electrons. The highest BCUT2D eigenvalue weighted by atomic mass is 16.5. The molecule has 0 spiro atoms. The van der Waals surface area contributed by atoms with E-state index in [4.69, 9.17) is 19.7 Å². The Labute approximate surface area is 157 Å². The Hall–Kier alpha value is -1.40. The molecule has 0 amide bonds. The summed E-state index contributed by atoms with van der Waals surface area (Å²) in [7, 11) is 0. The van der Waals surface area contributed by atoms with E-state index in [2.05, 4.69) is 13.5 Å². The van der Waals surface area contributed by atoms with Crippen molar-refractivity contribution < 1.29 is 29.3 Å². The first-order valence-electron chi connectivity index (χ1n) is 9.80. The van der Waals surface area contributed by atoms with Crippen molar-refractivity contribution in [2.45, 2.75) is 83.7 Å². The van der Waals surface area contributed by atoms with Gasteiger partial charge >= 0.3 is 11.9 Å². The standard InChI is InChI=1S/C20H36O6/c1-3-4-5-6-7-8-9-10-11-12-13-25-19(23)14-17(2)20(24)26-16-18(22)15-21/h18,21-22H,2-16H2,1H3/t18-/m0/s1. The van der Waals surface area contributed by atoms with Crippen molar-refractivity contribution in [1.82, 2.24) is 0 Å². The molecule has 0 fully saturated rings. The predicted octanol–water partition coefficient (Wildman–Crippen LogP) is 3.29. The minimum Gasteiger partial charge on any atom is -0.465 e. The number of ether oxygens (including phenoxy) is 2. The van der Waals surface area contributed by atoms with Gasteiger partial charge in [-0.25, -0.2) is 4.79 Å². The molecule has 0 aromatic heterocycles. The third-order valence-corrected chi connectivity index (χ3v) is 4.02. The highest BCUT2D eigenvalue weighted by Crippen LogP contribution is 2.11. The lowest BCUT2D eigenvalue weighted by molar-refractivity contribution is -0.147. The molecule has 0 rings (SSSR count). The zero-order chi connectivity index (χ0) is 19.6. The third-order valence-electron chi connectivity index (χ3n) is 4.02. The molecule has 0 heterocycles. The summed E-state index contributed by atoms with van der Waals surface area (Å²) >= 11 is 0. The van der Waals surface area contributed by atoms with Crippen LogP contribution >= 0.6 is 0 Å². The summed E-state index contributed by atoms with van der Waals surface area (Å²) in [6.07, 6.45) is 10.7. The molecule has 2 N–H and O–H groups in total. The second-order valence-corrected chi connectivity index (χ2v) is 6.62. The van der Waals surface area contributed by atoms with E-state index in [-0.39, 0.29) is 18.6 Å². The molecule has 0 aromatic rings. The number of hydrogen-bond donors (Lipinski definition) is 2. The molecule has 152 valence electrons. The number of rotatable bonds is 17. The zero-order valence-electron chi connectivity index (χ0n) is 16.2. The highest BCUT2D eigenvalue weighted by Gasteiger charge is 2.15. The van der Waals surface area contributed by atoms with Gasteiger partial charge in [-0.3, -0.25) is 4.79 Å². The number of hydrogen-bond acceptors (Lipinski definition) is 6. The summed E-state index contributed by atoms with van der Waals surface area (Å²) in [5.41, 5.74) is -0.0248. The molecule has 1 atom stereocenters. The van der Waals surface area contributed by atoms with Crippen LogP contribution in [0.3, 0.4) is 0 Å². The Balaban J connectivity index is 3.53. The van der Waals surface area contributed by atoms with Crippen molar-refractivity contribution >= 4 is 11.9 Å². The van der Waals surface area contributed by atoms with Crippen LogP contribution in [0.1, 0.15) is 77.6 Å². The van der Waals surface area contributed by atoms with Crippen LogP contribution in [0.25, 0.3) is 0 Å². The lowest BCUT2D eigenvalue weighted by Crippen LogP contribution is -2.23. The van der Waals surface area contributed by atoms with Crippen LogP contribution < -0.4 is 0 Å². The normalized spacial score (nSPS) is 11.8. The van der Waals surface area contributed by atoms with Gasteiger partial charge in [0.2, 0.25) is 0 Å². The fourth-order valence-corrected chi connectivity index (χ4v) is 2.40. The molecule has 0 aromatic carbocycles. The number of unbranched alkanes of at least 4 members (excludes halogenated alkanes) is 9. The van der Waals surface area contributed by atoms with Crippen LogP contribution in [0.2, 0.25) is 0 Å². The van der Waals surface area contributed by atoms with E-state index in [9.17, 15) is 9.59 Å². The van der Waals surface area contributed by atoms with Crippen LogP contribution in [0.4, 0.5) is 0 Å². The van der Waals surface area contributed by atoms with Crippen LogP contribution in [-0.2, 0) is 19.1 Å². The first kappa shape index (κ1) is 24.6. The van der Waals surface area contributed by atoms with E-state index in [1.165, 1.54) is 44.9 Å². The summed E-state index contributed by atoms with van der Waals surface area (Å²) in [5.74, 6) is -1.28. The summed E-state index contributed by atoms with van der Waals surface area (Å²) in [5, 5.41) is 17.7.